The van der Waals surface area contributed by atoms with Gasteiger partial charge >= 0.3 is 0 Å². The molecule has 1 aromatic heterocycles. The lowest BCUT2D eigenvalue weighted by Crippen LogP contribution is -2.38. The second kappa shape index (κ2) is 9.45. The quantitative estimate of drug-likeness (QED) is 0.509. The van der Waals surface area contributed by atoms with Crippen LogP contribution in [0.4, 0.5) is 5.69 Å². The van der Waals surface area contributed by atoms with E-state index < -0.39 is 0 Å². The van der Waals surface area contributed by atoms with Crippen LogP contribution in [0.2, 0.25) is 0 Å². The Balaban J connectivity index is 1.72. The molecule has 1 aliphatic heterocycles. The van der Waals surface area contributed by atoms with Gasteiger partial charge in [-0.15, -0.1) is 0 Å². The molecule has 1 N–H and O–H groups in total. The van der Waals surface area contributed by atoms with Crippen LogP contribution in [0.15, 0.2) is 52.9 Å². The van der Waals surface area contributed by atoms with Crippen LogP contribution in [0.1, 0.15) is 63.5 Å². The van der Waals surface area contributed by atoms with Crippen molar-refractivity contribution in [3.05, 3.63) is 59.8 Å². The van der Waals surface area contributed by atoms with Crippen LogP contribution in [0.5, 0.6) is 0 Å². The fourth-order valence-electron chi connectivity index (χ4n) is 4.17. The average molecular weight is 460 g/mol. The highest BCUT2D eigenvalue weighted by atomic mass is 16.4. The third-order valence-corrected chi connectivity index (χ3v) is 6.37. The Labute approximate surface area is 201 Å². The molecule has 0 radical (unpaired) electrons. The highest BCUT2D eigenvalue weighted by Gasteiger charge is 2.28. The van der Waals surface area contributed by atoms with Crippen molar-refractivity contribution in [3.63, 3.8) is 0 Å². The minimum absolute atomic E-state index is 0.0441. The third kappa shape index (κ3) is 5.22. The fraction of sp³-hybridized carbons (Fsp3) is 0.393. The van der Waals surface area contributed by atoms with Crippen LogP contribution in [-0.2, 0) is 10.2 Å². The van der Waals surface area contributed by atoms with Gasteiger partial charge in [0, 0.05) is 36.8 Å². The highest BCUT2D eigenvalue weighted by Crippen LogP contribution is 2.33. The largest absolute Gasteiger partial charge is 0.435 e. The molecule has 2 aromatic carbocycles. The van der Waals surface area contributed by atoms with Gasteiger partial charge in [0.2, 0.25) is 11.8 Å². The van der Waals surface area contributed by atoms with E-state index in [0.717, 1.165) is 37.1 Å². The molecule has 1 aliphatic rings. The maximum atomic E-state index is 13.5. The zero-order chi connectivity index (χ0) is 24.5. The number of oxazole rings is 1. The SMILES string of the molecule is CC(=O)Nc1ccc(-c2oc(-c3ccc(C(C)(C)C)cc3)nc2C(=O)N2CCC(C)CC2)cc1. The van der Waals surface area contributed by atoms with Crippen molar-refractivity contribution >= 4 is 17.5 Å². The van der Waals surface area contributed by atoms with E-state index in [2.05, 4.69) is 50.1 Å². The summed E-state index contributed by atoms with van der Waals surface area (Å²) in [7, 11) is 0. The maximum absolute atomic E-state index is 13.5. The summed E-state index contributed by atoms with van der Waals surface area (Å²) in [6, 6.07) is 15.4. The van der Waals surface area contributed by atoms with Crippen LogP contribution in [0.25, 0.3) is 22.8 Å². The second-order valence-corrected chi connectivity index (χ2v) is 10.3. The average Bonchev–Trinajstić information content (AvgIpc) is 3.24. The van der Waals surface area contributed by atoms with Crippen LogP contribution in [0, 0.1) is 5.92 Å². The normalized spacial score (nSPS) is 14.8. The van der Waals surface area contributed by atoms with E-state index >= 15 is 0 Å². The van der Waals surface area contributed by atoms with Gasteiger partial charge in [-0.1, -0.05) is 39.8 Å². The first-order valence-corrected chi connectivity index (χ1v) is 11.9. The number of carbonyl (C=O) groups excluding carboxylic acids is 2. The summed E-state index contributed by atoms with van der Waals surface area (Å²) in [5.74, 6) is 1.26. The monoisotopic (exact) mass is 459 g/mol. The first-order valence-electron chi connectivity index (χ1n) is 11.9. The smallest absolute Gasteiger partial charge is 0.276 e. The molecule has 0 aliphatic carbocycles. The summed E-state index contributed by atoms with van der Waals surface area (Å²) in [5.41, 5.74) is 3.85. The zero-order valence-corrected chi connectivity index (χ0v) is 20.6. The summed E-state index contributed by atoms with van der Waals surface area (Å²) in [5, 5.41) is 2.76. The Bertz CT molecular complexity index is 1160. The van der Waals surface area contributed by atoms with E-state index in [1.165, 1.54) is 12.5 Å². The lowest BCUT2D eigenvalue weighted by molar-refractivity contribution is -0.114. The molecule has 1 fully saturated rings. The number of likely N-dealkylation sites (tertiary alicyclic amines) is 1. The Hall–Kier alpha value is -3.41. The minimum atomic E-state index is -0.136. The summed E-state index contributed by atoms with van der Waals surface area (Å²) >= 11 is 0. The number of hydrogen-bond donors (Lipinski definition) is 1. The number of piperidine rings is 1. The fourth-order valence-corrected chi connectivity index (χ4v) is 4.17. The predicted molar refractivity (Wildman–Crippen MR) is 135 cm³/mol. The van der Waals surface area contributed by atoms with Gasteiger partial charge in [0.1, 0.15) is 0 Å². The minimum Gasteiger partial charge on any atom is -0.435 e. The number of nitrogens with one attached hydrogen (secondary N) is 1. The Morgan fingerprint density at radius 1 is 0.971 bits per heavy atom. The summed E-state index contributed by atoms with van der Waals surface area (Å²) in [6.45, 7) is 11.7. The molecule has 2 heterocycles. The standard InChI is InChI=1S/C28H33N3O3/c1-18-14-16-31(17-15-18)27(33)24-25(20-8-12-23(13-9-20)29-19(2)32)34-26(30-24)21-6-10-22(11-7-21)28(3,4)5/h6-13,18H,14-17H2,1-5H3,(H,29,32). The van der Waals surface area contributed by atoms with E-state index in [9.17, 15) is 9.59 Å². The van der Waals surface area contributed by atoms with Crippen molar-refractivity contribution in [2.24, 2.45) is 5.92 Å². The number of carbonyl (C=O) groups is 2. The van der Waals surface area contributed by atoms with Gasteiger partial charge in [-0.3, -0.25) is 9.59 Å². The van der Waals surface area contributed by atoms with Crippen molar-refractivity contribution in [2.45, 2.75) is 52.9 Å². The van der Waals surface area contributed by atoms with Gasteiger partial charge in [0.25, 0.3) is 5.91 Å². The number of benzene rings is 2. The van der Waals surface area contributed by atoms with Crippen LogP contribution in [0.3, 0.4) is 0 Å². The molecule has 0 atom stereocenters. The predicted octanol–water partition coefficient (Wildman–Crippen LogP) is 6.14. The van der Waals surface area contributed by atoms with Gasteiger partial charge in [-0.05, 0) is 66.1 Å². The number of hydrogen-bond acceptors (Lipinski definition) is 4. The first kappa shape index (κ1) is 23.7. The van der Waals surface area contributed by atoms with Crippen molar-refractivity contribution < 1.29 is 14.0 Å². The van der Waals surface area contributed by atoms with Crippen LogP contribution < -0.4 is 5.32 Å². The van der Waals surface area contributed by atoms with E-state index in [0.29, 0.717) is 29.0 Å². The van der Waals surface area contributed by atoms with Gasteiger partial charge < -0.3 is 14.6 Å². The van der Waals surface area contributed by atoms with Crippen LogP contribution >= 0.6 is 0 Å². The lowest BCUT2D eigenvalue weighted by Gasteiger charge is -2.29. The van der Waals surface area contributed by atoms with E-state index in [-0.39, 0.29) is 17.2 Å². The molecule has 6 nitrogen and oxygen atoms in total. The molecule has 178 valence electrons. The third-order valence-electron chi connectivity index (χ3n) is 6.37. The number of rotatable bonds is 4. The topological polar surface area (TPSA) is 75.4 Å². The van der Waals surface area contributed by atoms with Crippen molar-refractivity contribution in [1.82, 2.24) is 9.88 Å². The highest BCUT2D eigenvalue weighted by molar-refractivity contribution is 5.98. The van der Waals surface area contributed by atoms with Gasteiger partial charge in [-0.2, -0.15) is 0 Å². The summed E-state index contributed by atoms with van der Waals surface area (Å²) < 4.78 is 6.22. The van der Waals surface area contributed by atoms with E-state index in [1.54, 1.807) is 12.1 Å². The molecule has 0 saturated carbocycles. The molecule has 3 aromatic rings. The lowest BCUT2D eigenvalue weighted by atomic mass is 9.87. The van der Waals surface area contributed by atoms with E-state index in [1.807, 2.05) is 29.2 Å². The molecule has 34 heavy (non-hydrogen) atoms. The molecule has 1 saturated heterocycles. The summed E-state index contributed by atoms with van der Waals surface area (Å²) in [6.07, 6.45) is 1.98. The van der Waals surface area contributed by atoms with Gasteiger partial charge in [0.05, 0.1) is 0 Å². The number of aromatic nitrogens is 1. The molecular weight excluding hydrogens is 426 g/mol. The number of nitrogens with zero attached hydrogens (tertiary/aromatic N) is 2. The first-order chi connectivity index (χ1) is 16.1. The molecule has 6 heteroatoms. The summed E-state index contributed by atoms with van der Waals surface area (Å²) in [4.78, 5) is 31.4. The molecular formula is C28H33N3O3. The zero-order valence-electron chi connectivity index (χ0n) is 20.6. The number of anilines is 1. The molecule has 0 bridgehead atoms. The molecule has 4 rings (SSSR count). The molecule has 0 unspecified atom stereocenters. The Morgan fingerprint density at radius 2 is 1.56 bits per heavy atom. The molecule has 0 spiro atoms. The molecule has 2 amide bonds. The van der Waals surface area contributed by atoms with Crippen molar-refractivity contribution in [1.29, 1.82) is 0 Å². The second-order valence-electron chi connectivity index (χ2n) is 10.3. The van der Waals surface area contributed by atoms with Crippen molar-refractivity contribution in [3.8, 4) is 22.8 Å². The van der Waals surface area contributed by atoms with Crippen LogP contribution in [-0.4, -0.2) is 34.8 Å². The van der Waals surface area contributed by atoms with E-state index in [4.69, 9.17) is 4.42 Å². The van der Waals surface area contributed by atoms with Gasteiger partial charge in [0.15, 0.2) is 11.5 Å². The van der Waals surface area contributed by atoms with Gasteiger partial charge in [-0.25, -0.2) is 4.98 Å². The Morgan fingerprint density at radius 3 is 2.12 bits per heavy atom. The Kier molecular flexibility index (Phi) is 6.60. The number of amides is 2. The maximum Gasteiger partial charge on any atom is 0.276 e. The van der Waals surface area contributed by atoms with Crippen molar-refractivity contribution in [2.75, 3.05) is 18.4 Å².